The van der Waals surface area contributed by atoms with Crippen molar-refractivity contribution in [2.24, 2.45) is 0 Å². The largest absolute Gasteiger partial charge is 0.301 e. The van der Waals surface area contributed by atoms with Crippen LogP contribution in [0.15, 0.2) is 22.1 Å². The summed E-state index contributed by atoms with van der Waals surface area (Å²) in [5, 5.41) is 16.8. The van der Waals surface area contributed by atoms with Crippen LogP contribution >= 0.6 is 34.4 Å². The summed E-state index contributed by atoms with van der Waals surface area (Å²) in [5.41, 5.74) is 2.35. The van der Waals surface area contributed by atoms with Gasteiger partial charge in [-0.25, -0.2) is 4.98 Å². The number of rotatable bonds is 6. The summed E-state index contributed by atoms with van der Waals surface area (Å²) in [6, 6.07) is 0.203. The number of thiazole rings is 1. The highest BCUT2D eigenvalue weighted by Gasteiger charge is 2.20. The van der Waals surface area contributed by atoms with Crippen molar-refractivity contribution in [3.8, 4) is 11.4 Å². The van der Waals surface area contributed by atoms with Crippen molar-refractivity contribution in [2.45, 2.75) is 38.9 Å². The number of aryl methyl sites for hydroxylation is 1. The molecule has 1 amide bonds. The van der Waals surface area contributed by atoms with Gasteiger partial charge in [0.2, 0.25) is 5.91 Å². The molecule has 25 heavy (non-hydrogen) atoms. The van der Waals surface area contributed by atoms with E-state index in [1.807, 2.05) is 5.38 Å². The van der Waals surface area contributed by atoms with Crippen LogP contribution < -0.4 is 5.32 Å². The van der Waals surface area contributed by atoms with E-state index in [1.54, 1.807) is 17.5 Å². The van der Waals surface area contributed by atoms with E-state index in [2.05, 4.69) is 58.1 Å². The number of hydrogen-bond acceptors (Lipinski definition) is 7. The molecule has 0 saturated heterocycles. The van der Waals surface area contributed by atoms with Gasteiger partial charge in [0, 0.05) is 33.4 Å². The highest BCUT2D eigenvalue weighted by atomic mass is 32.2. The predicted molar refractivity (Wildman–Crippen MR) is 105 cm³/mol. The Morgan fingerprint density at radius 3 is 2.72 bits per heavy atom. The van der Waals surface area contributed by atoms with Gasteiger partial charge in [0.25, 0.3) is 0 Å². The molecule has 0 fully saturated rings. The van der Waals surface area contributed by atoms with Crippen LogP contribution in [0.5, 0.6) is 0 Å². The summed E-state index contributed by atoms with van der Waals surface area (Å²) in [4.78, 5) is 17.4. The summed E-state index contributed by atoms with van der Waals surface area (Å²) in [6.45, 7) is 8.41. The Balaban J connectivity index is 1.78. The standard InChI is InChI=1S/C16H19N5OS3/c1-9(2)21-14(12-7-24-11(4)10(12)3)19-20-16(21)25-8-13(22)18-15-17-5-6-23-15/h5-7,9H,8H2,1-4H3,(H,17,18,22). The number of thioether (sulfide) groups is 1. The molecule has 132 valence electrons. The number of thiophene rings is 1. The Hall–Kier alpha value is -1.71. The van der Waals surface area contributed by atoms with Crippen molar-refractivity contribution in [3.63, 3.8) is 0 Å². The van der Waals surface area contributed by atoms with E-state index < -0.39 is 0 Å². The highest BCUT2D eigenvalue weighted by Crippen LogP contribution is 2.33. The van der Waals surface area contributed by atoms with Crippen LogP contribution in [-0.2, 0) is 4.79 Å². The molecule has 0 unspecified atom stereocenters. The summed E-state index contributed by atoms with van der Waals surface area (Å²) in [6.07, 6.45) is 1.67. The van der Waals surface area contributed by atoms with Crippen LogP contribution in [0, 0.1) is 13.8 Å². The van der Waals surface area contributed by atoms with Gasteiger partial charge in [-0.2, -0.15) is 0 Å². The maximum Gasteiger partial charge on any atom is 0.236 e. The molecule has 3 aromatic rings. The van der Waals surface area contributed by atoms with Gasteiger partial charge in [-0.15, -0.1) is 32.9 Å². The fourth-order valence-electron chi connectivity index (χ4n) is 2.33. The molecule has 1 N–H and O–H groups in total. The summed E-state index contributed by atoms with van der Waals surface area (Å²) in [7, 11) is 0. The van der Waals surface area contributed by atoms with Crippen molar-refractivity contribution >= 4 is 45.5 Å². The molecule has 0 aliphatic carbocycles. The molecule has 3 aromatic heterocycles. The number of amides is 1. The van der Waals surface area contributed by atoms with Gasteiger partial charge in [-0.1, -0.05) is 11.8 Å². The maximum absolute atomic E-state index is 12.1. The number of carbonyl (C=O) groups excluding carboxylic acids is 1. The zero-order chi connectivity index (χ0) is 18.0. The minimum absolute atomic E-state index is 0.0950. The van der Waals surface area contributed by atoms with Crippen molar-refractivity contribution < 1.29 is 4.79 Å². The van der Waals surface area contributed by atoms with E-state index in [4.69, 9.17) is 0 Å². The van der Waals surface area contributed by atoms with Crippen molar-refractivity contribution in [2.75, 3.05) is 11.1 Å². The molecule has 3 rings (SSSR count). The summed E-state index contributed by atoms with van der Waals surface area (Å²) in [5.74, 6) is 1.04. The van der Waals surface area contributed by atoms with Gasteiger partial charge >= 0.3 is 0 Å². The van der Waals surface area contributed by atoms with Gasteiger partial charge < -0.3 is 5.32 Å². The Kier molecular flexibility index (Phi) is 5.55. The van der Waals surface area contributed by atoms with Gasteiger partial charge in [0.1, 0.15) is 0 Å². The highest BCUT2D eigenvalue weighted by molar-refractivity contribution is 7.99. The normalized spacial score (nSPS) is 11.2. The first-order valence-electron chi connectivity index (χ1n) is 7.79. The first-order valence-corrected chi connectivity index (χ1v) is 10.5. The second kappa shape index (κ2) is 7.67. The third kappa shape index (κ3) is 3.94. The Labute approximate surface area is 158 Å². The number of anilines is 1. The third-order valence-electron chi connectivity index (χ3n) is 3.72. The van der Waals surface area contributed by atoms with Gasteiger partial charge in [-0.05, 0) is 33.3 Å². The van der Waals surface area contributed by atoms with Crippen molar-refractivity contribution in [1.29, 1.82) is 0 Å². The molecular weight excluding hydrogens is 374 g/mol. The molecule has 0 bridgehead atoms. The first-order chi connectivity index (χ1) is 12.0. The van der Waals surface area contributed by atoms with Crippen LogP contribution in [0.4, 0.5) is 5.13 Å². The molecule has 6 nitrogen and oxygen atoms in total. The maximum atomic E-state index is 12.1. The number of nitrogens with zero attached hydrogens (tertiary/aromatic N) is 4. The number of hydrogen-bond donors (Lipinski definition) is 1. The minimum atomic E-state index is -0.0950. The van der Waals surface area contributed by atoms with E-state index >= 15 is 0 Å². The third-order valence-corrected chi connectivity index (χ3v) is 6.36. The molecule has 0 aromatic carbocycles. The van der Waals surface area contributed by atoms with E-state index in [-0.39, 0.29) is 17.7 Å². The van der Waals surface area contributed by atoms with Gasteiger partial charge in [0.15, 0.2) is 16.1 Å². The van der Waals surface area contributed by atoms with Gasteiger partial charge in [-0.3, -0.25) is 9.36 Å². The van der Waals surface area contributed by atoms with Crippen LogP contribution in [-0.4, -0.2) is 31.4 Å². The molecular formula is C16H19N5OS3. The quantitative estimate of drug-likeness (QED) is 0.629. The lowest BCUT2D eigenvalue weighted by Crippen LogP contribution is -2.14. The van der Waals surface area contributed by atoms with Gasteiger partial charge in [0.05, 0.1) is 5.75 Å². The molecule has 0 atom stereocenters. The molecule has 3 heterocycles. The Bertz CT molecular complexity index is 867. The molecule has 0 radical (unpaired) electrons. The van der Waals surface area contributed by atoms with Crippen molar-refractivity contribution in [1.82, 2.24) is 19.7 Å². The summed E-state index contributed by atoms with van der Waals surface area (Å²) < 4.78 is 2.09. The fourth-order valence-corrected chi connectivity index (χ4v) is 4.61. The molecule has 0 aliphatic heterocycles. The topological polar surface area (TPSA) is 72.7 Å². The van der Waals surface area contributed by atoms with Crippen molar-refractivity contribution in [3.05, 3.63) is 27.4 Å². The van der Waals surface area contributed by atoms with Crippen LogP contribution in [0.1, 0.15) is 30.3 Å². The van der Waals surface area contributed by atoms with Crippen LogP contribution in [0.25, 0.3) is 11.4 Å². The lowest BCUT2D eigenvalue weighted by atomic mass is 10.1. The zero-order valence-electron chi connectivity index (χ0n) is 14.4. The molecule has 9 heteroatoms. The average Bonchev–Trinajstić information content (AvgIpc) is 3.27. The number of aromatic nitrogens is 4. The summed E-state index contributed by atoms with van der Waals surface area (Å²) >= 11 is 4.51. The Morgan fingerprint density at radius 2 is 2.12 bits per heavy atom. The second-order valence-electron chi connectivity index (χ2n) is 5.77. The second-order valence-corrected chi connectivity index (χ2v) is 8.70. The number of carbonyl (C=O) groups is 1. The monoisotopic (exact) mass is 393 g/mol. The van der Waals surface area contributed by atoms with E-state index in [0.29, 0.717) is 5.13 Å². The van der Waals surface area contributed by atoms with E-state index in [9.17, 15) is 4.79 Å². The lowest BCUT2D eigenvalue weighted by molar-refractivity contribution is -0.113. The Morgan fingerprint density at radius 1 is 1.32 bits per heavy atom. The molecule has 0 spiro atoms. The minimum Gasteiger partial charge on any atom is -0.301 e. The zero-order valence-corrected chi connectivity index (χ0v) is 16.9. The van der Waals surface area contributed by atoms with Crippen LogP contribution in [0.2, 0.25) is 0 Å². The molecule has 0 aliphatic rings. The van der Waals surface area contributed by atoms with Crippen LogP contribution in [0.3, 0.4) is 0 Å². The fraction of sp³-hybridized carbons (Fsp3) is 0.375. The lowest BCUT2D eigenvalue weighted by Gasteiger charge is -2.13. The average molecular weight is 394 g/mol. The SMILES string of the molecule is Cc1scc(-c2nnc(SCC(=O)Nc3nccs3)n2C(C)C)c1C. The first kappa shape index (κ1) is 18.1. The smallest absolute Gasteiger partial charge is 0.236 e. The predicted octanol–water partition coefficient (Wildman–Crippen LogP) is 4.39. The molecule has 0 saturated carbocycles. The van der Waals surface area contributed by atoms with E-state index in [1.165, 1.54) is 33.5 Å². The number of nitrogens with one attached hydrogen (secondary N) is 1. The van der Waals surface area contributed by atoms with E-state index in [0.717, 1.165) is 16.5 Å².